The lowest BCUT2D eigenvalue weighted by Gasteiger charge is -2.09. The molecule has 1 heterocycles. The van der Waals surface area contributed by atoms with Crippen LogP contribution in [0.3, 0.4) is 0 Å². The molecule has 0 unspecified atom stereocenters. The summed E-state index contributed by atoms with van der Waals surface area (Å²) in [6.45, 7) is 0. The highest BCUT2D eigenvalue weighted by Crippen LogP contribution is 2.29. The second-order valence-electron chi connectivity index (χ2n) is 5.02. The van der Waals surface area contributed by atoms with Gasteiger partial charge in [0.05, 0.1) is 5.56 Å². The number of fused-ring (bicyclic) bond motifs is 1. The molecule has 0 saturated heterocycles. The van der Waals surface area contributed by atoms with E-state index in [1.165, 1.54) is 18.5 Å². The summed E-state index contributed by atoms with van der Waals surface area (Å²) < 4.78 is 42.5. The van der Waals surface area contributed by atoms with Gasteiger partial charge in [0, 0.05) is 11.3 Å². The molecule has 1 aromatic heterocycles. The first-order valence-corrected chi connectivity index (χ1v) is 6.96. The number of carbonyl (C=O) groups is 2. The van der Waals surface area contributed by atoms with Crippen molar-refractivity contribution in [3.05, 3.63) is 60.0 Å². The Hall–Kier alpha value is -3.36. The van der Waals surface area contributed by atoms with Crippen molar-refractivity contribution >= 4 is 28.7 Å². The Labute approximate surface area is 138 Å². The van der Waals surface area contributed by atoms with Crippen LogP contribution in [0.2, 0.25) is 0 Å². The van der Waals surface area contributed by atoms with E-state index in [2.05, 4.69) is 15.6 Å². The van der Waals surface area contributed by atoms with Crippen molar-refractivity contribution in [3.8, 4) is 0 Å². The number of halogens is 3. The van der Waals surface area contributed by atoms with Gasteiger partial charge >= 0.3 is 12.2 Å². The average Bonchev–Trinajstić information content (AvgIpc) is 3.01. The summed E-state index contributed by atoms with van der Waals surface area (Å²) in [6, 6.07) is 7.41. The Bertz CT molecular complexity index is 933. The molecule has 25 heavy (non-hydrogen) atoms. The molecule has 9 heteroatoms. The minimum atomic E-state index is -4.46. The van der Waals surface area contributed by atoms with Crippen LogP contribution in [-0.2, 0) is 6.18 Å². The normalized spacial score (nSPS) is 11.3. The molecule has 0 atom stereocenters. The van der Waals surface area contributed by atoms with Gasteiger partial charge in [0.2, 0.25) is 0 Å². The number of anilines is 1. The quantitative estimate of drug-likeness (QED) is 0.737. The molecular weight excluding hydrogens is 339 g/mol. The lowest BCUT2D eigenvalue weighted by Crippen LogP contribution is -2.34. The van der Waals surface area contributed by atoms with Crippen LogP contribution in [-0.4, -0.2) is 16.9 Å². The summed E-state index contributed by atoms with van der Waals surface area (Å²) in [5.74, 6) is -0.692. The van der Waals surface area contributed by atoms with Crippen molar-refractivity contribution < 1.29 is 27.2 Å². The second kappa shape index (κ2) is 6.27. The summed E-state index contributed by atoms with van der Waals surface area (Å²) in [7, 11) is 0. The van der Waals surface area contributed by atoms with E-state index in [4.69, 9.17) is 4.42 Å². The lowest BCUT2D eigenvalue weighted by atomic mass is 10.2. The number of amides is 3. The van der Waals surface area contributed by atoms with Gasteiger partial charge in [0.15, 0.2) is 12.0 Å². The van der Waals surface area contributed by atoms with Gasteiger partial charge in [-0.3, -0.25) is 10.1 Å². The highest BCUT2D eigenvalue weighted by Gasteiger charge is 2.30. The molecule has 0 bridgehead atoms. The van der Waals surface area contributed by atoms with E-state index in [-0.39, 0.29) is 11.3 Å². The monoisotopic (exact) mass is 349 g/mol. The van der Waals surface area contributed by atoms with Crippen LogP contribution < -0.4 is 10.6 Å². The van der Waals surface area contributed by atoms with E-state index in [9.17, 15) is 22.8 Å². The molecule has 2 aromatic carbocycles. The van der Waals surface area contributed by atoms with Crippen LogP contribution in [0.5, 0.6) is 0 Å². The Kier molecular flexibility index (Phi) is 4.14. The number of rotatable bonds is 2. The maximum atomic E-state index is 12.5. The molecule has 3 amide bonds. The van der Waals surface area contributed by atoms with E-state index < -0.39 is 23.7 Å². The van der Waals surface area contributed by atoms with Crippen LogP contribution in [0.4, 0.5) is 23.7 Å². The number of nitrogens with one attached hydrogen (secondary N) is 2. The molecule has 6 nitrogen and oxygen atoms in total. The number of imide groups is 1. The zero-order valence-corrected chi connectivity index (χ0v) is 12.4. The molecule has 3 aromatic rings. The Morgan fingerprint density at radius 2 is 1.76 bits per heavy atom. The summed E-state index contributed by atoms with van der Waals surface area (Å²) in [6.07, 6.45) is -3.24. The number of carbonyl (C=O) groups excluding carboxylic acids is 2. The highest BCUT2D eigenvalue weighted by atomic mass is 19.4. The van der Waals surface area contributed by atoms with Crippen LogP contribution in [0.1, 0.15) is 15.9 Å². The standard InChI is InChI=1S/C16H10F3N3O3/c17-16(18,19)10-2-4-11(5-3-10)21-15(24)22-14(23)9-1-6-12-13(7-9)25-8-20-12/h1-8H,(H2,21,22,23,24). The Morgan fingerprint density at radius 3 is 2.44 bits per heavy atom. The number of hydrogen-bond acceptors (Lipinski definition) is 4. The first-order chi connectivity index (χ1) is 11.8. The minimum absolute atomic E-state index is 0.115. The van der Waals surface area contributed by atoms with Gasteiger partial charge in [0.25, 0.3) is 5.91 Å². The maximum absolute atomic E-state index is 12.5. The number of benzene rings is 2. The largest absolute Gasteiger partial charge is 0.443 e. The van der Waals surface area contributed by atoms with Gasteiger partial charge in [-0.2, -0.15) is 13.2 Å². The fourth-order valence-corrected chi connectivity index (χ4v) is 2.08. The van der Waals surface area contributed by atoms with Crippen LogP contribution >= 0.6 is 0 Å². The fraction of sp³-hybridized carbons (Fsp3) is 0.0625. The Balaban J connectivity index is 1.64. The van der Waals surface area contributed by atoms with Gasteiger partial charge in [-0.15, -0.1) is 0 Å². The van der Waals surface area contributed by atoms with E-state index in [1.807, 2.05) is 0 Å². The van der Waals surface area contributed by atoms with Gasteiger partial charge in [-0.1, -0.05) is 0 Å². The smallest absolute Gasteiger partial charge is 0.416 e. The lowest BCUT2D eigenvalue weighted by molar-refractivity contribution is -0.137. The molecule has 0 spiro atoms. The highest BCUT2D eigenvalue weighted by molar-refractivity contribution is 6.08. The number of alkyl halides is 3. The molecule has 2 N–H and O–H groups in total. The van der Waals surface area contributed by atoms with Crippen molar-refractivity contribution in [3.63, 3.8) is 0 Å². The summed E-state index contributed by atoms with van der Waals surface area (Å²) in [4.78, 5) is 27.7. The van der Waals surface area contributed by atoms with Gasteiger partial charge in [-0.25, -0.2) is 9.78 Å². The van der Waals surface area contributed by atoms with Gasteiger partial charge in [0.1, 0.15) is 5.52 Å². The SMILES string of the molecule is O=C(NC(=O)c1ccc2ncoc2c1)Nc1ccc(C(F)(F)F)cc1. The molecule has 128 valence electrons. The fourth-order valence-electron chi connectivity index (χ4n) is 2.08. The third-order valence-corrected chi connectivity index (χ3v) is 3.29. The Morgan fingerprint density at radius 1 is 1.04 bits per heavy atom. The van der Waals surface area contributed by atoms with Crippen molar-refractivity contribution in [1.29, 1.82) is 0 Å². The first-order valence-electron chi connectivity index (χ1n) is 6.96. The third kappa shape index (κ3) is 3.77. The van der Waals surface area contributed by atoms with Crippen molar-refractivity contribution in [1.82, 2.24) is 10.3 Å². The van der Waals surface area contributed by atoms with Crippen molar-refractivity contribution in [2.75, 3.05) is 5.32 Å². The van der Waals surface area contributed by atoms with E-state index in [1.54, 1.807) is 6.07 Å². The van der Waals surface area contributed by atoms with Crippen LogP contribution in [0, 0.1) is 0 Å². The van der Waals surface area contributed by atoms with E-state index >= 15 is 0 Å². The molecule has 0 saturated carbocycles. The molecule has 0 aliphatic carbocycles. The summed E-state index contributed by atoms with van der Waals surface area (Å²) >= 11 is 0. The van der Waals surface area contributed by atoms with Gasteiger partial charge < -0.3 is 9.73 Å². The molecule has 0 aliphatic heterocycles. The average molecular weight is 349 g/mol. The summed E-state index contributed by atoms with van der Waals surface area (Å²) in [5, 5.41) is 4.35. The minimum Gasteiger partial charge on any atom is -0.443 e. The van der Waals surface area contributed by atoms with Gasteiger partial charge in [-0.05, 0) is 42.5 Å². The van der Waals surface area contributed by atoms with E-state index in [0.29, 0.717) is 11.1 Å². The number of oxazole rings is 1. The zero-order valence-electron chi connectivity index (χ0n) is 12.4. The van der Waals surface area contributed by atoms with Crippen molar-refractivity contribution in [2.24, 2.45) is 0 Å². The molecule has 0 aliphatic rings. The molecule has 0 fully saturated rings. The molecule has 0 radical (unpaired) electrons. The number of urea groups is 1. The predicted molar refractivity (Wildman–Crippen MR) is 81.9 cm³/mol. The number of aromatic nitrogens is 1. The van der Waals surface area contributed by atoms with E-state index in [0.717, 1.165) is 24.3 Å². The zero-order chi connectivity index (χ0) is 18.0. The van der Waals surface area contributed by atoms with Crippen LogP contribution in [0.15, 0.2) is 53.3 Å². The number of hydrogen-bond donors (Lipinski definition) is 2. The van der Waals surface area contributed by atoms with Crippen molar-refractivity contribution in [2.45, 2.75) is 6.18 Å². The molecule has 3 rings (SSSR count). The predicted octanol–water partition coefficient (Wildman–Crippen LogP) is 3.81. The second-order valence-corrected chi connectivity index (χ2v) is 5.02. The maximum Gasteiger partial charge on any atom is 0.416 e. The van der Waals surface area contributed by atoms with Crippen LogP contribution in [0.25, 0.3) is 11.1 Å². The molecular formula is C16H10F3N3O3. The topological polar surface area (TPSA) is 84.2 Å². The summed E-state index contributed by atoms with van der Waals surface area (Å²) in [5.41, 5.74) is 0.396. The first kappa shape index (κ1) is 16.5. The number of nitrogens with zero attached hydrogens (tertiary/aromatic N) is 1. The third-order valence-electron chi connectivity index (χ3n) is 3.29.